The fourth-order valence-electron chi connectivity index (χ4n) is 2.07. The Kier molecular flexibility index (Phi) is 4.93. The number of benzene rings is 1. The van der Waals surface area contributed by atoms with Crippen molar-refractivity contribution in [3.8, 4) is 0 Å². The molecule has 0 bridgehead atoms. The van der Waals surface area contributed by atoms with Crippen LogP contribution in [0.3, 0.4) is 0 Å². The minimum absolute atomic E-state index is 0.246. The maximum Gasteiger partial charge on any atom is 0.340 e. The van der Waals surface area contributed by atoms with Gasteiger partial charge in [-0.1, -0.05) is 12.1 Å². The molecule has 1 atom stereocenters. The summed E-state index contributed by atoms with van der Waals surface area (Å²) in [7, 11) is 0. The van der Waals surface area contributed by atoms with Crippen molar-refractivity contribution in [1.29, 1.82) is 0 Å². The molecule has 1 saturated heterocycles. The molecule has 1 fully saturated rings. The monoisotopic (exact) mass is 265 g/mol. The van der Waals surface area contributed by atoms with Gasteiger partial charge in [0.1, 0.15) is 0 Å². The molecule has 1 aromatic rings. The van der Waals surface area contributed by atoms with Crippen LogP contribution >= 0.6 is 11.8 Å². The molecule has 2 rings (SSSR count). The molecule has 1 unspecified atom stereocenters. The van der Waals surface area contributed by atoms with E-state index in [-0.39, 0.29) is 5.97 Å². The summed E-state index contributed by atoms with van der Waals surface area (Å²) >= 11 is 1.97. The Labute approximate surface area is 112 Å². The molecule has 4 heteroatoms. The van der Waals surface area contributed by atoms with Crippen molar-refractivity contribution in [3.63, 3.8) is 0 Å². The molecule has 1 heterocycles. The van der Waals surface area contributed by atoms with Gasteiger partial charge in [-0.3, -0.25) is 0 Å². The van der Waals surface area contributed by atoms with Gasteiger partial charge in [0.25, 0.3) is 0 Å². The highest BCUT2D eigenvalue weighted by Crippen LogP contribution is 2.23. The lowest BCUT2D eigenvalue weighted by atomic mass is 10.1. The number of anilines is 1. The van der Waals surface area contributed by atoms with E-state index in [1.165, 1.54) is 18.6 Å². The molecular weight excluding hydrogens is 246 g/mol. The van der Waals surface area contributed by atoms with Crippen LogP contribution in [0.4, 0.5) is 5.69 Å². The van der Waals surface area contributed by atoms with Crippen molar-refractivity contribution < 1.29 is 9.53 Å². The van der Waals surface area contributed by atoms with Crippen molar-refractivity contribution in [1.82, 2.24) is 0 Å². The van der Waals surface area contributed by atoms with E-state index in [0.29, 0.717) is 18.2 Å². The zero-order valence-electron chi connectivity index (χ0n) is 10.6. The molecule has 98 valence electrons. The summed E-state index contributed by atoms with van der Waals surface area (Å²) in [5, 5.41) is 3.47. The number of hydrogen-bond acceptors (Lipinski definition) is 4. The lowest BCUT2D eigenvalue weighted by molar-refractivity contribution is 0.0527. The van der Waals surface area contributed by atoms with Crippen LogP contribution < -0.4 is 5.32 Å². The van der Waals surface area contributed by atoms with E-state index >= 15 is 0 Å². The number of nitrogens with one attached hydrogen (secondary N) is 1. The van der Waals surface area contributed by atoms with E-state index in [1.54, 1.807) is 0 Å². The first-order valence-electron chi connectivity index (χ1n) is 6.41. The molecule has 0 amide bonds. The summed E-state index contributed by atoms with van der Waals surface area (Å²) in [5.41, 5.74) is 1.53. The van der Waals surface area contributed by atoms with Crippen molar-refractivity contribution in [2.45, 2.75) is 25.8 Å². The van der Waals surface area contributed by atoms with Crippen LogP contribution in [0.5, 0.6) is 0 Å². The SMILES string of the molecule is CCOC(=O)c1ccccc1NC1CCCSC1. The Morgan fingerprint density at radius 3 is 3.06 bits per heavy atom. The molecule has 0 spiro atoms. The van der Waals surface area contributed by atoms with Crippen LogP contribution in [-0.2, 0) is 4.74 Å². The third-order valence-electron chi connectivity index (χ3n) is 2.94. The molecule has 18 heavy (non-hydrogen) atoms. The number of para-hydroxylation sites is 1. The minimum atomic E-state index is -0.246. The van der Waals surface area contributed by atoms with Crippen LogP contribution in [0.25, 0.3) is 0 Å². The Hall–Kier alpha value is -1.16. The van der Waals surface area contributed by atoms with Gasteiger partial charge in [0, 0.05) is 17.5 Å². The second-order valence-corrected chi connectivity index (χ2v) is 5.47. The maximum atomic E-state index is 11.8. The van der Waals surface area contributed by atoms with E-state index in [1.807, 2.05) is 43.0 Å². The molecule has 0 radical (unpaired) electrons. The normalized spacial score (nSPS) is 19.3. The summed E-state index contributed by atoms with van der Waals surface area (Å²) in [6, 6.07) is 8.04. The van der Waals surface area contributed by atoms with Crippen LogP contribution in [0.1, 0.15) is 30.1 Å². The number of ether oxygens (including phenoxy) is 1. The second-order valence-electron chi connectivity index (χ2n) is 4.32. The van der Waals surface area contributed by atoms with E-state index in [2.05, 4.69) is 5.32 Å². The number of thioether (sulfide) groups is 1. The molecule has 0 aliphatic carbocycles. The largest absolute Gasteiger partial charge is 0.462 e. The van der Waals surface area contributed by atoms with E-state index in [4.69, 9.17) is 4.74 Å². The van der Waals surface area contributed by atoms with Crippen molar-refractivity contribution in [2.24, 2.45) is 0 Å². The van der Waals surface area contributed by atoms with Gasteiger partial charge in [0.15, 0.2) is 0 Å². The number of rotatable bonds is 4. The predicted octanol–water partition coefficient (Wildman–Crippen LogP) is 3.17. The lowest BCUT2D eigenvalue weighted by Crippen LogP contribution is -2.26. The van der Waals surface area contributed by atoms with Gasteiger partial charge in [-0.05, 0) is 37.7 Å². The second kappa shape index (κ2) is 6.69. The van der Waals surface area contributed by atoms with E-state index in [9.17, 15) is 4.79 Å². The molecule has 1 N–H and O–H groups in total. The number of hydrogen-bond donors (Lipinski definition) is 1. The zero-order valence-corrected chi connectivity index (χ0v) is 11.5. The van der Waals surface area contributed by atoms with E-state index < -0.39 is 0 Å². The van der Waals surface area contributed by atoms with Crippen LogP contribution in [-0.4, -0.2) is 30.1 Å². The predicted molar refractivity (Wildman–Crippen MR) is 76.4 cm³/mol. The van der Waals surface area contributed by atoms with Crippen molar-refractivity contribution in [2.75, 3.05) is 23.4 Å². The highest BCUT2D eigenvalue weighted by molar-refractivity contribution is 7.99. The quantitative estimate of drug-likeness (QED) is 0.849. The fraction of sp³-hybridized carbons (Fsp3) is 0.500. The first-order valence-corrected chi connectivity index (χ1v) is 7.57. The molecular formula is C14H19NO2S. The maximum absolute atomic E-state index is 11.8. The van der Waals surface area contributed by atoms with Crippen LogP contribution in [0, 0.1) is 0 Å². The molecule has 1 aliphatic heterocycles. The van der Waals surface area contributed by atoms with Gasteiger partial charge in [-0.2, -0.15) is 11.8 Å². The summed E-state index contributed by atoms with van der Waals surface area (Å²) in [5.74, 6) is 2.11. The number of esters is 1. The van der Waals surface area contributed by atoms with Gasteiger partial charge in [-0.15, -0.1) is 0 Å². The topological polar surface area (TPSA) is 38.3 Å². The number of carbonyl (C=O) groups is 1. The van der Waals surface area contributed by atoms with Gasteiger partial charge in [-0.25, -0.2) is 4.79 Å². The summed E-state index contributed by atoms with van der Waals surface area (Å²) in [6.45, 7) is 2.23. The summed E-state index contributed by atoms with van der Waals surface area (Å²) in [6.07, 6.45) is 2.41. The third-order valence-corrected chi connectivity index (χ3v) is 4.16. The minimum Gasteiger partial charge on any atom is -0.462 e. The lowest BCUT2D eigenvalue weighted by Gasteiger charge is -2.24. The summed E-state index contributed by atoms with van der Waals surface area (Å²) < 4.78 is 5.07. The molecule has 1 aliphatic rings. The highest BCUT2D eigenvalue weighted by Gasteiger charge is 2.17. The van der Waals surface area contributed by atoms with Gasteiger partial charge in [0.2, 0.25) is 0 Å². The zero-order chi connectivity index (χ0) is 12.8. The molecule has 1 aromatic carbocycles. The van der Waals surface area contributed by atoms with Gasteiger partial charge >= 0.3 is 5.97 Å². The Balaban J connectivity index is 2.08. The molecule has 3 nitrogen and oxygen atoms in total. The molecule has 0 aromatic heterocycles. The third kappa shape index (κ3) is 3.42. The summed E-state index contributed by atoms with van der Waals surface area (Å²) in [4.78, 5) is 11.8. The standard InChI is InChI=1S/C14H19NO2S/c1-2-17-14(16)12-7-3-4-8-13(12)15-11-6-5-9-18-10-11/h3-4,7-8,11,15H,2,5-6,9-10H2,1H3. The van der Waals surface area contributed by atoms with Crippen LogP contribution in [0.2, 0.25) is 0 Å². The fourth-order valence-corrected chi connectivity index (χ4v) is 3.14. The Morgan fingerprint density at radius 2 is 2.33 bits per heavy atom. The van der Waals surface area contributed by atoms with Crippen molar-refractivity contribution in [3.05, 3.63) is 29.8 Å². The smallest absolute Gasteiger partial charge is 0.340 e. The average Bonchev–Trinajstić information content (AvgIpc) is 2.41. The first-order chi connectivity index (χ1) is 8.81. The Bertz CT molecular complexity index is 403. The van der Waals surface area contributed by atoms with Crippen molar-refractivity contribution >= 4 is 23.4 Å². The van der Waals surface area contributed by atoms with E-state index in [0.717, 1.165) is 11.4 Å². The Morgan fingerprint density at radius 1 is 1.50 bits per heavy atom. The van der Waals surface area contributed by atoms with Gasteiger partial charge < -0.3 is 10.1 Å². The first kappa shape index (κ1) is 13.3. The average molecular weight is 265 g/mol. The van der Waals surface area contributed by atoms with Crippen LogP contribution in [0.15, 0.2) is 24.3 Å². The molecule has 0 saturated carbocycles. The number of carbonyl (C=O) groups excluding carboxylic acids is 1. The van der Waals surface area contributed by atoms with Gasteiger partial charge in [0.05, 0.1) is 12.2 Å². The highest BCUT2D eigenvalue weighted by atomic mass is 32.2.